The van der Waals surface area contributed by atoms with E-state index in [1.807, 2.05) is 57.6 Å². The summed E-state index contributed by atoms with van der Waals surface area (Å²) in [4.78, 5) is 37.2. The van der Waals surface area contributed by atoms with Crippen molar-refractivity contribution in [2.45, 2.75) is 206 Å². The summed E-state index contributed by atoms with van der Waals surface area (Å²) in [6.45, 7) is 4.52. The molecule has 0 radical (unpaired) electrons. The Kier molecular flexibility index (Phi) is 42.6. The number of unbranched alkanes of at least 4 members (excludes halogenated alkanes) is 20. The molecule has 2 unspecified atom stereocenters. The maximum Gasteiger partial charge on any atom is 0.362 e. The van der Waals surface area contributed by atoms with Crippen molar-refractivity contribution in [3.05, 3.63) is 85.1 Å². The van der Waals surface area contributed by atoms with Crippen LogP contribution in [0, 0.1) is 0 Å². The zero-order valence-corrected chi connectivity index (χ0v) is 41.0. The Morgan fingerprint density at radius 1 is 0.508 bits per heavy atom. The highest BCUT2D eigenvalue weighted by molar-refractivity contribution is 5.72. The van der Waals surface area contributed by atoms with Gasteiger partial charge in [0.2, 0.25) is 0 Å². The van der Waals surface area contributed by atoms with Crippen LogP contribution < -0.4 is 0 Å². The number of carboxylic acid groups (broad SMARTS) is 1. The average Bonchev–Trinajstić information content (AvgIpc) is 3.24. The Bertz CT molecular complexity index is 1300. The van der Waals surface area contributed by atoms with Crippen molar-refractivity contribution in [2.24, 2.45) is 0 Å². The van der Waals surface area contributed by atoms with Gasteiger partial charge in [-0.1, -0.05) is 202 Å². The average molecular weight is 881 g/mol. The first-order valence-electron chi connectivity index (χ1n) is 25.2. The maximum atomic E-state index is 12.8. The van der Waals surface area contributed by atoms with Crippen LogP contribution in [-0.2, 0) is 28.6 Å². The van der Waals surface area contributed by atoms with E-state index in [0.29, 0.717) is 19.3 Å². The Labute approximate surface area is 386 Å². The van der Waals surface area contributed by atoms with Crippen molar-refractivity contribution in [1.82, 2.24) is 0 Å². The number of rotatable bonds is 44. The molecule has 0 aromatic rings. The van der Waals surface area contributed by atoms with Crippen LogP contribution in [0.1, 0.15) is 194 Å². The summed E-state index contributed by atoms with van der Waals surface area (Å²) >= 11 is 0. The zero-order chi connectivity index (χ0) is 46.3. The topological polar surface area (TPSA) is 99.1 Å². The summed E-state index contributed by atoms with van der Waals surface area (Å²) in [5.41, 5.74) is 0. The van der Waals surface area contributed by atoms with Crippen LogP contribution in [0.15, 0.2) is 85.1 Å². The van der Waals surface area contributed by atoms with Crippen LogP contribution >= 0.6 is 0 Å². The molecule has 0 bridgehead atoms. The Morgan fingerprint density at radius 2 is 0.952 bits per heavy atom. The molecule has 0 saturated carbocycles. The van der Waals surface area contributed by atoms with E-state index in [1.54, 1.807) is 0 Å². The molecule has 0 aliphatic carbocycles. The molecule has 8 nitrogen and oxygen atoms in total. The van der Waals surface area contributed by atoms with E-state index in [-0.39, 0.29) is 36.2 Å². The number of aliphatic carboxylic acids is 1. The fourth-order valence-corrected chi connectivity index (χ4v) is 7.04. The van der Waals surface area contributed by atoms with Gasteiger partial charge in [0, 0.05) is 19.3 Å². The van der Waals surface area contributed by atoms with E-state index in [1.165, 1.54) is 83.5 Å². The third kappa shape index (κ3) is 43.5. The smallest absolute Gasteiger partial charge is 0.362 e. The zero-order valence-electron chi connectivity index (χ0n) is 41.0. The molecule has 0 spiro atoms. The van der Waals surface area contributed by atoms with Crippen molar-refractivity contribution in [3.63, 3.8) is 0 Å². The number of hydrogen-bond donors (Lipinski definition) is 1. The second-order valence-electron chi connectivity index (χ2n) is 17.8. The molecule has 360 valence electrons. The van der Waals surface area contributed by atoms with Crippen molar-refractivity contribution in [3.8, 4) is 0 Å². The van der Waals surface area contributed by atoms with Gasteiger partial charge in [0.05, 0.1) is 34.4 Å². The lowest BCUT2D eigenvalue weighted by atomic mass is 10.0. The van der Waals surface area contributed by atoms with Crippen molar-refractivity contribution in [2.75, 3.05) is 41.0 Å². The normalized spacial score (nSPS) is 13.6. The van der Waals surface area contributed by atoms with Crippen LogP contribution in [0.5, 0.6) is 0 Å². The van der Waals surface area contributed by atoms with Crippen molar-refractivity contribution in [1.29, 1.82) is 0 Å². The number of ether oxygens (including phenoxy) is 3. The summed E-state index contributed by atoms with van der Waals surface area (Å²) < 4.78 is 17.3. The molecular weight excluding hydrogens is 787 g/mol. The van der Waals surface area contributed by atoms with Gasteiger partial charge in [0.1, 0.15) is 6.61 Å². The second-order valence-corrected chi connectivity index (χ2v) is 17.8. The van der Waals surface area contributed by atoms with Gasteiger partial charge in [0.15, 0.2) is 12.1 Å². The number of quaternary nitrogens is 1. The molecule has 8 heteroatoms. The molecule has 2 atom stereocenters. The van der Waals surface area contributed by atoms with Gasteiger partial charge in [-0.15, -0.1) is 0 Å². The summed E-state index contributed by atoms with van der Waals surface area (Å²) in [6, 6.07) is -0.623. The highest BCUT2D eigenvalue weighted by Gasteiger charge is 2.31. The molecular formula is C55H94NO7+. The standard InChI is InChI=1S/C55H93NO7/c1-6-8-10-12-14-16-18-20-22-24-26-27-28-30-32-34-36-38-40-42-44-46-54(58)63-51(49-61-48-47-52(55(59)60)56(3,4)5)50-62-53(57)45-43-41-39-37-35-33-31-29-25-23-21-19-17-15-13-11-9-7-2/h8,10-11,13-17,19,21,23,25,29,31,51-52H,6-7,9,12,18,20,22,24,26-28,30,32-50H2,1-5H3/p+1/b10-8+,13-11+,16-14+,17-15+,21-19+,25-23+,31-29+. The minimum absolute atomic E-state index is 0.0488. The molecule has 0 rings (SSSR count). The first-order chi connectivity index (χ1) is 30.6. The second kappa shape index (κ2) is 45.1. The summed E-state index contributed by atoms with van der Waals surface area (Å²) in [5.74, 6) is -1.50. The lowest BCUT2D eigenvalue weighted by Gasteiger charge is -2.31. The quantitative estimate of drug-likeness (QED) is 0.0214. The Morgan fingerprint density at radius 3 is 1.44 bits per heavy atom. The molecule has 0 amide bonds. The molecule has 1 N–H and O–H groups in total. The van der Waals surface area contributed by atoms with Gasteiger partial charge in [-0.3, -0.25) is 9.59 Å². The van der Waals surface area contributed by atoms with E-state index in [2.05, 4.69) is 62.5 Å². The van der Waals surface area contributed by atoms with Crippen LogP contribution in [0.3, 0.4) is 0 Å². The third-order valence-electron chi connectivity index (χ3n) is 10.9. The fraction of sp³-hybridized carbons (Fsp3) is 0.691. The number of likely N-dealkylation sites (N-methyl/N-ethyl adjacent to an activating group) is 1. The lowest BCUT2D eigenvalue weighted by molar-refractivity contribution is -0.887. The van der Waals surface area contributed by atoms with E-state index >= 15 is 0 Å². The van der Waals surface area contributed by atoms with Gasteiger partial charge in [-0.2, -0.15) is 0 Å². The lowest BCUT2D eigenvalue weighted by Crippen LogP contribution is -2.50. The maximum absolute atomic E-state index is 12.8. The van der Waals surface area contributed by atoms with Crippen LogP contribution in [0.2, 0.25) is 0 Å². The minimum atomic E-state index is -0.881. The highest BCUT2D eigenvalue weighted by atomic mass is 16.6. The predicted octanol–water partition coefficient (Wildman–Crippen LogP) is 14.5. The third-order valence-corrected chi connectivity index (χ3v) is 10.9. The van der Waals surface area contributed by atoms with Gasteiger partial charge in [0.25, 0.3) is 0 Å². The number of nitrogens with zero attached hydrogens (tertiary/aromatic N) is 1. The van der Waals surface area contributed by atoms with Gasteiger partial charge >= 0.3 is 17.9 Å². The van der Waals surface area contributed by atoms with Crippen molar-refractivity contribution >= 4 is 17.9 Å². The molecule has 63 heavy (non-hydrogen) atoms. The largest absolute Gasteiger partial charge is 0.477 e. The van der Waals surface area contributed by atoms with Crippen LogP contribution in [-0.4, -0.2) is 80.6 Å². The number of allylic oxidation sites excluding steroid dienone is 14. The SMILES string of the molecule is CC/C=C/C/C=C/CCCCCCCCCCCCCCCCC(=O)OC(COCCC(C(=O)O)[N+](C)(C)C)COC(=O)CCCCCCC/C=C/C=C/C=C/C=C/C=C/CCC. The number of carbonyl (C=O) groups is 3. The molecule has 0 aromatic heterocycles. The first kappa shape index (κ1) is 59.5. The van der Waals surface area contributed by atoms with Crippen LogP contribution in [0.25, 0.3) is 0 Å². The number of carbonyl (C=O) groups excluding carboxylic acids is 2. The van der Waals surface area contributed by atoms with E-state index in [4.69, 9.17) is 14.2 Å². The van der Waals surface area contributed by atoms with Gasteiger partial charge in [-0.05, 0) is 57.8 Å². The van der Waals surface area contributed by atoms with Gasteiger partial charge in [-0.25, -0.2) is 4.79 Å². The Balaban J connectivity index is 4.30. The van der Waals surface area contributed by atoms with Crippen molar-refractivity contribution < 1.29 is 38.2 Å². The number of carboxylic acids is 1. The van der Waals surface area contributed by atoms with E-state index in [0.717, 1.165) is 77.0 Å². The molecule has 0 saturated heterocycles. The summed E-state index contributed by atoms with van der Waals surface area (Å²) in [6.07, 6.45) is 59.1. The molecule has 0 heterocycles. The van der Waals surface area contributed by atoms with Crippen LogP contribution in [0.4, 0.5) is 0 Å². The molecule has 0 aromatic carbocycles. The predicted molar refractivity (Wildman–Crippen MR) is 266 cm³/mol. The molecule has 0 fully saturated rings. The van der Waals surface area contributed by atoms with Gasteiger partial charge < -0.3 is 23.8 Å². The highest BCUT2D eigenvalue weighted by Crippen LogP contribution is 2.15. The molecule has 0 aliphatic rings. The number of hydrogen-bond acceptors (Lipinski definition) is 6. The summed E-state index contributed by atoms with van der Waals surface area (Å²) in [7, 11) is 5.52. The van der Waals surface area contributed by atoms with E-state index in [9.17, 15) is 19.5 Å². The molecule has 0 aliphatic heterocycles. The van der Waals surface area contributed by atoms with E-state index < -0.39 is 18.1 Å². The Hall–Kier alpha value is -3.49. The fourth-order valence-electron chi connectivity index (χ4n) is 7.04. The number of esters is 2. The summed E-state index contributed by atoms with van der Waals surface area (Å²) in [5, 5.41) is 9.65. The monoisotopic (exact) mass is 881 g/mol. The minimum Gasteiger partial charge on any atom is -0.477 e. The first-order valence-corrected chi connectivity index (χ1v) is 25.2.